The van der Waals surface area contributed by atoms with Crippen LogP contribution in [0.3, 0.4) is 0 Å². The standard InChI is InChI=1S/C16H18N2O3/c1-10(2)21-15-7-5-12(9-17-15)16(20)18-13-8-11(3)4-6-14(13)19/h4-10,19H,1-3H3,(H,18,20). The number of phenolic OH excluding ortho intramolecular Hbond substituents is 1. The van der Waals surface area contributed by atoms with Gasteiger partial charge in [-0.1, -0.05) is 6.07 Å². The number of pyridine rings is 1. The third-order valence-corrected chi connectivity index (χ3v) is 2.76. The highest BCUT2D eigenvalue weighted by Crippen LogP contribution is 2.24. The summed E-state index contributed by atoms with van der Waals surface area (Å²) in [6, 6.07) is 8.29. The Balaban J connectivity index is 2.11. The van der Waals surface area contributed by atoms with Gasteiger partial charge in [-0.2, -0.15) is 0 Å². The quantitative estimate of drug-likeness (QED) is 0.847. The van der Waals surface area contributed by atoms with Crippen LogP contribution in [-0.2, 0) is 0 Å². The maximum absolute atomic E-state index is 12.1. The van der Waals surface area contributed by atoms with Gasteiger partial charge < -0.3 is 15.2 Å². The van der Waals surface area contributed by atoms with Gasteiger partial charge in [0, 0.05) is 12.3 Å². The van der Waals surface area contributed by atoms with E-state index in [0.717, 1.165) is 5.56 Å². The first kappa shape index (κ1) is 14.8. The highest BCUT2D eigenvalue weighted by Gasteiger charge is 2.10. The van der Waals surface area contributed by atoms with E-state index >= 15 is 0 Å². The number of carbonyl (C=O) groups excluding carboxylic acids is 1. The van der Waals surface area contributed by atoms with E-state index in [9.17, 15) is 9.90 Å². The molecule has 5 heteroatoms. The van der Waals surface area contributed by atoms with E-state index in [1.165, 1.54) is 6.20 Å². The molecule has 0 radical (unpaired) electrons. The number of aromatic nitrogens is 1. The van der Waals surface area contributed by atoms with Crippen molar-refractivity contribution in [2.75, 3.05) is 5.32 Å². The van der Waals surface area contributed by atoms with Gasteiger partial charge >= 0.3 is 0 Å². The molecule has 0 aliphatic heterocycles. The van der Waals surface area contributed by atoms with Crippen molar-refractivity contribution in [1.29, 1.82) is 0 Å². The molecule has 0 aliphatic carbocycles. The van der Waals surface area contributed by atoms with Crippen molar-refractivity contribution in [3.63, 3.8) is 0 Å². The third kappa shape index (κ3) is 3.95. The first-order valence-electron chi connectivity index (χ1n) is 6.69. The number of hydrogen-bond donors (Lipinski definition) is 2. The van der Waals surface area contributed by atoms with Gasteiger partial charge in [0.25, 0.3) is 5.91 Å². The summed E-state index contributed by atoms with van der Waals surface area (Å²) >= 11 is 0. The molecular formula is C16H18N2O3. The van der Waals surface area contributed by atoms with E-state index in [4.69, 9.17) is 4.74 Å². The Labute approximate surface area is 123 Å². The topological polar surface area (TPSA) is 71.5 Å². The zero-order chi connectivity index (χ0) is 15.4. The lowest BCUT2D eigenvalue weighted by molar-refractivity contribution is 0.102. The number of rotatable bonds is 4. The molecule has 2 N–H and O–H groups in total. The van der Waals surface area contributed by atoms with Crippen molar-refractivity contribution in [1.82, 2.24) is 4.98 Å². The molecule has 0 bridgehead atoms. The monoisotopic (exact) mass is 286 g/mol. The summed E-state index contributed by atoms with van der Waals surface area (Å²) in [6.45, 7) is 5.69. The number of phenols is 1. The highest BCUT2D eigenvalue weighted by molar-refractivity contribution is 6.04. The number of nitrogens with zero attached hydrogens (tertiary/aromatic N) is 1. The summed E-state index contributed by atoms with van der Waals surface area (Å²) in [4.78, 5) is 16.2. The summed E-state index contributed by atoms with van der Waals surface area (Å²) in [5, 5.41) is 12.4. The molecule has 0 aliphatic rings. The lowest BCUT2D eigenvalue weighted by Gasteiger charge is -2.10. The molecule has 2 aromatic rings. The minimum absolute atomic E-state index is 0.0291. The number of anilines is 1. The lowest BCUT2D eigenvalue weighted by atomic mass is 10.2. The second kappa shape index (κ2) is 6.26. The Morgan fingerprint density at radius 2 is 2.05 bits per heavy atom. The van der Waals surface area contributed by atoms with Crippen molar-refractivity contribution in [2.24, 2.45) is 0 Å². The van der Waals surface area contributed by atoms with Gasteiger partial charge in [-0.25, -0.2) is 4.98 Å². The van der Waals surface area contributed by atoms with Crippen LogP contribution in [0.15, 0.2) is 36.5 Å². The van der Waals surface area contributed by atoms with Crippen LogP contribution in [0.2, 0.25) is 0 Å². The molecule has 110 valence electrons. The van der Waals surface area contributed by atoms with Gasteiger partial charge in [-0.05, 0) is 44.5 Å². The van der Waals surface area contributed by atoms with Gasteiger partial charge in [0.2, 0.25) is 5.88 Å². The minimum atomic E-state index is -0.334. The van der Waals surface area contributed by atoms with Crippen molar-refractivity contribution >= 4 is 11.6 Å². The molecule has 1 amide bonds. The maximum atomic E-state index is 12.1. The van der Waals surface area contributed by atoms with Crippen LogP contribution in [0.25, 0.3) is 0 Å². The van der Waals surface area contributed by atoms with Gasteiger partial charge in [-0.15, -0.1) is 0 Å². The van der Waals surface area contributed by atoms with Crippen LogP contribution in [0.4, 0.5) is 5.69 Å². The fourth-order valence-electron chi connectivity index (χ4n) is 1.77. The molecule has 0 saturated carbocycles. The summed E-state index contributed by atoms with van der Waals surface area (Å²) in [6.07, 6.45) is 1.47. The molecule has 5 nitrogen and oxygen atoms in total. The van der Waals surface area contributed by atoms with Gasteiger partial charge in [0.05, 0.1) is 17.4 Å². The number of amides is 1. The van der Waals surface area contributed by atoms with Crippen molar-refractivity contribution in [3.05, 3.63) is 47.7 Å². The SMILES string of the molecule is Cc1ccc(O)c(NC(=O)c2ccc(OC(C)C)nc2)c1. The zero-order valence-electron chi connectivity index (χ0n) is 12.3. The van der Waals surface area contributed by atoms with E-state index < -0.39 is 0 Å². The number of aromatic hydroxyl groups is 1. The second-order valence-electron chi connectivity index (χ2n) is 5.03. The molecule has 1 aromatic carbocycles. The Morgan fingerprint density at radius 3 is 2.67 bits per heavy atom. The van der Waals surface area contributed by atoms with Crippen LogP contribution in [0.1, 0.15) is 29.8 Å². The van der Waals surface area contributed by atoms with Crippen LogP contribution in [0, 0.1) is 6.92 Å². The molecule has 0 spiro atoms. The second-order valence-corrected chi connectivity index (χ2v) is 5.03. The van der Waals surface area contributed by atoms with Crippen LogP contribution in [0.5, 0.6) is 11.6 Å². The fraction of sp³-hybridized carbons (Fsp3) is 0.250. The summed E-state index contributed by atoms with van der Waals surface area (Å²) < 4.78 is 5.42. The predicted molar refractivity (Wildman–Crippen MR) is 80.8 cm³/mol. The number of carbonyl (C=O) groups is 1. The average Bonchev–Trinajstić information content (AvgIpc) is 2.43. The molecule has 0 unspecified atom stereocenters. The zero-order valence-corrected chi connectivity index (χ0v) is 12.3. The summed E-state index contributed by atoms with van der Waals surface area (Å²) in [7, 11) is 0. The van der Waals surface area contributed by atoms with E-state index in [2.05, 4.69) is 10.3 Å². The fourth-order valence-corrected chi connectivity index (χ4v) is 1.77. The number of nitrogens with one attached hydrogen (secondary N) is 1. The smallest absolute Gasteiger partial charge is 0.257 e. The molecular weight excluding hydrogens is 268 g/mol. The molecule has 0 saturated heterocycles. The van der Waals surface area contributed by atoms with Gasteiger partial charge in [-0.3, -0.25) is 4.79 Å². The largest absolute Gasteiger partial charge is 0.506 e. The van der Waals surface area contributed by atoms with Crippen LogP contribution in [-0.4, -0.2) is 22.1 Å². The average molecular weight is 286 g/mol. The molecule has 0 atom stereocenters. The van der Waals surface area contributed by atoms with Crippen molar-refractivity contribution in [2.45, 2.75) is 26.9 Å². The number of aryl methyl sites for hydroxylation is 1. The van der Waals surface area contributed by atoms with Crippen LogP contribution < -0.4 is 10.1 Å². The predicted octanol–water partition coefficient (Wildman–Crippen LogP) is 3.14. The van der Waals surface area contributed by atoms with E-state index in [-0.39, 0.29) is 17.8 Å². The van der Waals surface area contributed by atoms with E-state index in [1.807, 2.05) is 20.8 Å². The molecule has 0 fully saturated rings. The Hall–Kier alpha value is -2.56. The number of ether oxygens (including phenoxy) is 1. The number of hydrogen-bond acceptors (Lipinski definition) is 4. The summed E-state index contributed by atoms with van der Waals surface area (Å²) in [5.74, 6) is 0.168. The first-order chi connectivity index (χ1) is 9.95. The Kier molecular flexibility index (Phi) is 4.42. The molecule has 1 heterocycles. The molecule has 21 heavy (non-hydrogen) atoms. The summed E-state index contributed by atoms with van der Waals surface area (Å²) in [5.41, 5.74) is 1.72. The maximum Gasteiger partial charge on any atom is 0.257 e. The van der Waals surface area contributed by atoms with E-state index in [1.54, 1.807) is 30.3 Å². The van der Waals surface area contributed by atoms with Crippen LogP contribution >= 0.6 is 0 Å². The first-order valence-corrected chi connectivity index (χ1v) is 6.69. The van der Waals surface area contributed by atoms with E-state index in [0.29, 0.717) is 17.1 Å². The number of benzene rings is 1. The van der Waals surface area contributed by atoms with Gasteiger partial charge in [0.15, 0.2) is 0 Å². The Morgan fingerprint density at radius 1 is 1.29 bits per heavy atom. The lowest BCUT2D eigenvalue weighted by Crippen LogP contribution is -2.13. The minimum Gasteiger partial charge on any atom is -0.506 e. The van der Waals surface area contributed by atoms with Gasteiger partial charge in [0.1, 0.15) is 5.75 Å². The third-order valence-electron chi connectivity index (χ3n) is 2.76. The Bertz CT molecular complexity index is 636. The van der Waals surface area contributed by atoms with Crippen molar-refractivity contribution in [3.8, 4) is 11.6 Å². The van der Waals surface area contributed by atoms with Crippen molar-refractivity contribution < 1.29 is 14.6 Å². The molecule has 1 aromatic heterocycles. The normalized spacial score (nSPS) is 10.5. The highest BCUT2D eigenvalue weighted by atomic mass is 16.5. The molecule has 2 rings (SSSR count).